The molecule has 0 saturated carbocycles. The second kappa shape index (κ2) is 2.85. The van der Waals surface area contributed by atoms with E-state index in [0.29, 0.717) is 11.1 Å². The van der Waals surface area contributed by atoms with Crippen molar-refractivity contribution in [1.82, 2.24) is 0 Å². The van der Waals surface area contributed by atoms with Crippen LogP contribution in [0.3, 0.4) is 0 Å². The van der Waals surface area contributed by atoms with Gasteiger partial charge in [0.1, 0.15) is 0 Å². The summed E-state index contributed by atoms with van der Waals surface area (Å²) in [6.07, 6.45) is 0. The molecule has 0 aromatic heterocycles. The van der Waals surface area contributed by atoms with Crippen LogP contribution in [-0.4, -0.2) is 10.2 Å². The molecule has 3 nitrogen and oxygen atoms in total. The summed E-state index contributed by atoms with van der Waals surface area (Å²) in [6, 6.07) is 3.16. The summed E-state index contributed by atoms with van der Waals surface area (Å²) in [4.78, 5) is 11.1. The van der Waals surface area contributed by atoms with Gasteiger partial charge in [-0.1, -0.05) is 12.1 Å². The molecular weight excluding hydrogens is 156 g/mol. The van der Waals surface area contributed by atoms with Crippen LogP contribution in [-0.2, 0) is 0 Å². The highest BCUT2D eigenvalue weighted by molar-refractivity contribution is 5.43. The van der Waals surface area contributed by atoms with Crippen molar-refractivity contribution in [1.29, 1.82) is 0 Å². The van der Waals surface area contributed by atoms with Crippen LogP contribution in [0.15, 0.2) is 16.9 Å². The van der Waals surface area contributed by atoms with Crippen LogP contribution in [0, 0.1) is 13.8 Å². The highest BCUT2D eigenvalue weighted by Crippen LogP contribution is 2.22. The van der Waals surface area contributed by atoms with E-state index >= 15 is 0 Å². The number of hydrogen-bond acceptors (Lipinski definition) is 3. The zero-order chi connectivity index (χ0) is 9.30. The molecule has 1 aromatic rings. The van der Waals surface area contributed by atoms with E-state index < -0.39 is 11.2 Å². The topological polar surface area (TPSA) is 57.5 Å². The molecule has 1 rings (SSSR count). The molecule has 0 aliphatic carbocycles. The van der Waals surface area contributed by atoms with Gasteiger partial charge in [0.25, 0.3) is 0 Å². The second-order valence-electron chi connectivity index (χ2n) is 2.73. The Morgan fingerprint density at radius 3 is 2.08 bits per heavy atom. The quantitative estimate of drug-likeness (QED) is 0.606. The van der Waals surface area contributed by atoms with Crippen molar-refractivity contribution in [2.45, 2.75) is 13.8 Å². The molecule has 0 atom stereocenters. The lowest BCUT2D eigenvalue weighted by Gasteiger charge is -1.92. The van der Waals surface area contributed by atoms with E-state index in [1.165, 1.54) is 0 Å². The van der Waals surface area contributed by atoms with Crippen molar-refractivity contribution in [2.24, 2.45) is 0 Å². The molecule has 0 aliphatic heterocycles. The van der Waals surface area contributed by atoms with Crippen LogP contribution in [0.4, 0.5) is 0 Å². The van der Waals surface area contributed by atoms with Crippen molar-refractivity contribution in [3.8, 4) is 11.5 Å². The first-order chi connectivity index (χ1) is 5.54. The summed E-state index contributed by atoms with van der Waals surface area (Å²) < 4.78 is 0. The first-order valence-electron chi connectivity index (χ1n) is 3.56. The number of aromatic hydroxyl groups is 2. The number of rotatable bonds is 0. The standard InChI is InChI=1S/C9H10O3/c1-5-3-4-6(2)8(11)9(12)7(5)10/h3-4H,1-2H3,(H2,10,11,12). The lowest BCUT2D eigenvalue weighted by molar-refractivity contribution is 0.399. The Labute approximate surface area is 69.9 Å². The molecule has 0 saturated heterocycles. The second-order valence-corrected chi connectivity index (χ2v) is 2.73. The van der Waals surface area contributed by atoms with E-state index in [9.17, 15) is 9.90 Å². The lowest BCUT2D eigenvalue weighted by atomic mass is 10.3. The molecular formula is C9H10O3. The Hall–Kier alpha value is -1.51. The van der Waals surface area contributed by atoms with Gasteiger partial charge in [-0.05, 0) is 19.4 Å². The van der Waals surface area contributed by atoms with E-state index in [1.807, 2.05) is 0 Å². The molecule has 0 radical (unpaired) electrons. The van der Waals surface area contributed by atoms with Gasteiger partial charge in [0.2, 0.25) is 11.2 Å². The Balaban J connectivity index is 3.71. The van der Waals surface area contributed by atoms with Gasteiger partial charge in [-0.2, -0.15) is 0 Å². The first-order valence-corrected chi connectivity index (χ1v) is 3.56. The van der Waals surface area contributed by atoms with Gasteiger partial charge < -0.3 is 10.2 Å². The normalized spacial score (nSPS) is 9.83. The SMILES string of the molecule is Cc1ccc(C)c(=O)c(O)c1O. The average molecular weight is 166 g/mol. The van der Waals surface area contributed by atoms with Crippen molar-refractivity contribution < 1.29 is 10.2 Å². The molecule has 0 unspecified atom stereocenters. The van der Waals surface area contributed by atoms with Crippen LogP contribution in [0.2, 0.25) is 0 Å². The van der Waals surface area contributed by atoms with Crippen LogP contribution < -0.4 is 5.43 Å². The summed E-state index contributed by atoms with van der Waals surface area (Å²) in [6.45, 7) is 3.20. The Bertz CT molecular complexity index is 369. The minimum atomic E-state index is -0.574. The summed E-state index contributed by atoms with van der Waals surface area (Å²) in [7, 11) is 0. The highest BCUT2D eigenvalue weighted by Gasteiger charge is 2.06. The molecule has 0 heterocycles. The predicted molar refractivity (Wildman–Crippen MR) is 45.5 cm³/mol. The Morgan fingerprint density at radius 1 is 1.00 bits per heavy atom. The molecule has 1 aromatic carbocycles. The molecule has 3 heteroatoms. The maximum atomic E-state index is 11.1. The molecule has 0 bridgehead atoms. The smallest absolute Gasteiger partial charge is 0.226 e. The lowest BCUT2D eigenvalue weighted by Crippen LogP contribution is -1.99. The fourth-order valence-corrected chi connectivity index (χ4v) is 0.886. The summed E-state index contributed by atoms with van der Waals surface area (Å²) in [5.41, 5.74) is 0.370. The highest BCUT2D eigenvalue weighted by atomic mass is 16.3. The van der Waals surface area contributed by atoms with E-state index in [-0.39, 0.29) is 5.75 Å². The van der Waals surface area contributed by atoms with Crippen LogP contribution in [0.25, 0.3) is 0 Å². The molecule has 0 spiro atoms. The largest absolute Gasteiger partial charge is 0.504 e. The molecule has 0 aliphatic rings. The van der Waals surface area contributed by atoms with Crippen molar-refractivity contribution in [3.05, 3.63) is 33.5 Å². The first kappa shape index (κ1) is 8.59. The van der Waals surface area contributed by atoms with Gasteiger partial charge in [0.05, 0.1) is 0 Å². The fourth-order valence-electron chi connectivity index (χ4n) is 0.886. The zero-order valence-electron chi connectivity index (χ0n) is 6.96. The summed E-state index contributed by atoms with van der Waals surface area (Å²) in [5, 5.41) is 18.4. The third-order valence-electron chi connectivity index (χ3n) is 1.75. The van der Waals surface area contributed by atoms with Crippen LogP contribution in [0.1, 0.15) is 11.1 Å². The molecule has 12 heavy (non-hydrogen) atoms. The summed E-state index contributed by atoms with van der Waals surface area (Å²) >= 11 is 0. The van der Waals surface area contributed by atoms with E-state index in [4.69, 9.17) is 5.11 Å². The maximum absolute atomic E-state index is 11.1. The summed E-state index contributed by atoms with van der Waals surface area (Å²) in [5.74, 6) is -0.914. The molecule has 0 fully saturated rings. The minimum Gasteiger partial charge on any atom is -0.504 e. The van der Waals surface area contributed by atoms with E-state index in [1.54, 1.807) is 26.0 Å². The fraction of sp³-hybridized carbons (Fsp3) is 0.222. The van der Waals surface area contributed by atoms with Gasteiger partial charge in [-0.15, -0.1) is 0 Å². The third-order valence-corrected chi connectivity index (χ3v) is 1.75. The van der Waals surface area contributed by atoms with Crippen LogP contribution in [0.5, 0.6) is 11.5 Å². The monoisotopic (exact) mass is 166 g/mol. The van der Waals surface area contributed by atoms with Gasteiger partial charge >= 0.3 is 0 Å². The van der Waals surface area contributed by atoms with Crippen LogP contribution >= 0.6 is 0 Å². The number of hydrogen-bond donors (Lipinski definition) is 2. The number of aryl methyl sites for hydroxylation is 2. The van der Waals surface area contributed by atoms with E-state index in [0.717, 1.165) is 0 Å². The Kier molecular flexibility index (Phi) is 2.04. The van der Waals surface area contributed by atoms with Gasteiger partial charge in [0.15, 0.2) is 5.75 Å². The van der Waals surface area contributed by atoms with Gasteiger partial charge in [0, 0.05) is 5.56 Å². The zero-order valence-corrected chi connectivity index (χ0v) is 6.96. The van der Waals surface area contributed by atoms with Gasteiger partial charge in [-0.3, -0.25) is 4.79 Å². The van der Waals surface area contributed by atoms with E-state index in [2.05, 4.69) is 0 Å². The van der Waals surface area contributed by atoms with Crippen molar-refractivity contribution in [3.63, 3.8) is 0 Å². The predicted octanol–water partition coefficient (Wildman–Crippen LogP) is 1.07. The minimum absolute atomic E-state index is 0.340. The van der Waals surface area contributed by atoms with Crippen molar-refractivity contribution >= 4 is 0 Å². The molecule has 0 amide bonds. The molecule has 64 valence electrons. The third kappa shape index (κ3) is 1.25. The molecule has 2 N–H and O–H groups in total. The Morgan fingerprint density at radius 2 is 1.50 bits per heavy atom. The van der Waals surface area contributed by atoms with Crippen molar-refractivity contribution in [2.75, 3.05) is 0 Å². The van der Waals surface area contributed by atoms with Gasteiger partial charge in [-0.25, -0.2) is 0 Å². The average Bonchev–Trinajstić information content (AvgIpc) is 2.14. The maximum Gasteiger partial charge on any atom is 0.226 e.